The molecule has 0 atom stereocenters. The summed E-state index contributed by atoms with van der Waals surface area (Å²) in [4.78, 5) is 30.2. The highest BCUT2D eigenvalue weighted by atomic mass is 32.1. The summed E-state index contributed by atoms with van der Waals surface area (Å²) in [7, 11) is 3.05. The van der Waals surface area contributed by atoms with E-state index in [1.165, 1.54) is 25.2 Å². The number of carbonyl (C=O) groups excluding carboxylic acids is 2. The molecule has 0 spiro atoms. The summed E-state index contributed by atoms with van der Waals surface area (Å²) in [5.41, 5.74) is 0.419. The van der Waals surface area contributed by atoms with Crippen LogP contribution in [0.4, 0.5) is 20.3 Å². The Balaban J connectivity index is 2.19. The van der Waals surface area contributed by atoms with Crippen molar-refractivity contribution < 1.29 is 14.4 Å². The Morgan fingerprint density at radius 3 is 2.52 bits per heavy atom. The van der Waals surface area contributed by atoms with Crippen LogP contribution < -0.4 is 10.4 Å². The molecule has 21 heavy (non-hydrogen) atoms. The first-order chi connectivity index (χ1) is 10.1. The van der Waals surface area contributed by atoms with Crippen LogP contribution in [0.15, 0.2) is 36.5 Å². The summed E-state index contributed by atoms with van der Waals surface area (Å²) in [6.07, 6.45) is 0.732. The molecule has 0 saturated carbocycles. The summed E-state index contributed by atoms with van der Waals surface area (Å²) in [6.45, 7) is 0. The number of amides is 3. The lowest BCUT2D eigenvalue weighted by Gasteiger charge is -2.22. The minimum absolute atomic E-state index is 0.419. The van der Waals surface area contributed by atoms with Crippen molar-refractivity contribution in [2.24, 2.45) is 0 Å². The van der Waals surface area contributed by atoms with Gasteiger partial charge in [-0.2, -0.15) is 0 Å². The van der Waals surface area contributed by atoms with E-state index in [0.717, 1.165) is 16.6 Å². The normalized spacial score (nSPS) is 9.81. The predicted molar refractivity (Wildman–Crippen MR) is 78.0 cm³/mol. The van der Waals surface area contributed by atoms with Gasteiger partial charge in [0.25, 0.3) is 0 Å². The fourth-order valence-corrected chi connectivity index (χ4v) is 1.72. The number of nitrogens with one attached hydrogen (secondary N) is 1. The van der Waals surface area contributed by atoms with Gasteiger partial charge in [0.05, 0.1) is 11.9 Å². The second-order valence-electron chi connectivity index (χ2n) is 4.09. The van der Waals surface area contributed by atoms with Gasteiger partial charge in [-0.25, -0.2) is 9.59 Å². The van der Waals surface area contributed by atoms with Crippen LogP contribution in [-0.2, 0) is 4.84 Å². The topological polar surface area (TPSA) is 87.7 Å². The van der Waals surface area contributed by atoms with E-state index in [2.05, 4.69) is 14.9 Å². The van der Waals surface area contributed by atoms with Crippen LogP contribution in [0.25, 0.3) is 0 Å². The lowest BCUT2D eigenvalue weighted by Crippen LogP contribution is -2.40. The third-order valence-electron chi connectivity index (χ3n) is 2.30. The van der Waals surface area contributed by atoms with Crippen molar-refractivity contribution in [2.75, 3.05) is 24.5 Å². The fraction of sp³-hybridized carbons (Fsp3) is 0.167. The number of aromatic nitrogens is 2. The van der Waals surface area contributed by atoms with E-state index in [4.69, 9.17) is 4.84 Å². The van der Waals surface area contributed by atoms with E-state index in [1.807, 2.05) is 0 Å². The highest BCUT2D eigenvalue weighted by molar-refractivity contribution is 7.10. The molecule has 0 aliphatic rings. The van der Waals surface area contributed by atoms with Crippen molar-refractivity contribution in [1.82, 2.24) is 14.5 Å². The Kier molecular flexibility index (Phi) is 4.67. The summed E-state index contributed by atoms with van der Waals surface area (Å²) < 4.78 is 3.64. The molecule has 110 valence electrons. The number of urea groups is 1. The first kappa shape index (κ1) is 14.7. The van der Waals surface area contributed by atoms with E-state index in [1.54, 1.807) is 30.3 Å². The Morgan fingerprint density at radius 2 is 1.95 bits per heavy atom. The smallest absolute Gasteiger partial charge is 0.312 e. The maximum Gasteiger partial charge on any atom is 0.434 e. The summed E-state index contributed by atoms with van der Waals surface area (Å²) in [5.74, 6) is 0. The molecule has 0 aliphatic carbocycles. The molecule has 1 aromatic heterocycles. The minimum Gasteiger partial charge on any atom is -0.312 e. The van der Waals surface area contributed by atoms with E-state index >= 15 is 0 Å². The van der Waals surface area contributed by atoms with Gasteiger partial charge < -0.3 is 9.74 Å². The Bertz CT molecular complexity index is 603. The van der Waals surface area contributed by atoms with E-state index in [9.17, 15) is 9.59 Å². The Morgan fingerprint density at radius 1 is 1.24 bits per heavy atom. The van der Waals surface area contributed by atoms with Crippen LogP contribution in [0, 0.1) is 0 Å². The largest absolute Gasteiger partial charge is 0.434 e. The molecule has 1 aromatic carbocycles. The number of para-hydroxylation sites is 1. The van der Waals surface area contributed by atoms with Gasteiger partial charge in [-0.05, 0) is 12.1 Å². The van der Waals surface area contributed by atoms with Crippen molar-refractivity contribution in [3.63, 3.8) is 0 Å². The lowest BCUT2D eigenvalue weighted by molar-refractivity contribution is 0.113. The van der Waals surface area contributed by atoms with E-state index in [0.29, 0.717) is 10.7 Å². The molecule has 2 rings (SSSR count). The zero-order chi connectivity index (χ0) is 15.2. The third kappa shape index (κ3) is 3.89. The highest BCUT2D eigenvalue weighted by Gasteiger charge is 2.22. The average molecular weight is 307 g/mol. The fourth-order valence-electron chi connectivity index (χ4n) is 1.31. The minimum atomic E-state index is -0.670. The molecule has 0 saturated heterocycles. The number of nitrogens with zero attached hydrogens (tertiary/aromatic N) is 4. The number of benzene rings is 1. The molecular weight excluding hydrogens is 294 g/mol. The molecule has 0 unspecified atom stereocenters. The second-order valence-corrected chi connectivity index (χ2v) is 4.88. The maximum atomic E-state index is 12.2. The number of hydrogen-bond donors (Lipinski definition) is 1. The van der Waals surface area contributed by atoms with Crippen LogP contribution in [0.1, 0.15) is 0 Å². The third-order valence-corrected chi connectivity index (χ3v) is 2.88. The van der Waals surface area contributed by atoms with Gasteiger partial charge in [0.1, 0.15) is 5.00 Å². The van der Waals surface area contributed by atoms with E-state index in [-0.39, 0.29) is 0 Å². The first-order valence-corrected chi connectivity index (χ1v) is 6.68. The van der Waals surface area contributed by atoms with Crippen molar-refractivity contribution in [1.29, 1.82) is 0 Å². The van der Waals surface area contributed by atoms with Crippen molar-refractivity contribution >= 4 is 34.3 Å². The number of hydrogen-bond acceptors (Lipinski definition) is 6. The lowest BCUT2D eigenvalue weighted by atomic mass is 10.3. The molecule has 2 aromatic rings. The number of anilines is 2. The van der Waals surface area contributed by atoms with Gasteiger partial charge in [-0.3, -0.25) is 5.32 Å². The average Bonchev–Trinajstić information content (AvgIpc) is 2.98. The number of carbonyl (C=O) groups is 2. The maximum absolute atomic E-state index is 12.2. The van der Waals surface area contributed by atoms with Gasteiger partial charge >= 0.3 is 12.1 Å². The van der Waals surface area contributed by atoms with Crippen LogP contribution in [-0.4, -0.2) is 40.7 Å². The zero-order valence-electron chi connectivity index (χ0n) is 11.4. The molecule has 1 heterocycles. The van der Waals surface area contributed by atoms with Crippen molar-refractivity contribution in [2.45, 2.75) is 0 Å². The van der Waals surface area contributed by atoms with Crippen LogP contribution in [0.2, 0.25) is 0 Å². The molecule has 0 bridgehead atoms. The monoisotopic (exact) mass is 307 g/mol. The summed E-state index contributed by atoms with van der Waals surface area (Å²) in [6, 6.07) is 7.92. The van der Waals surface area contributed by atoms with Crippen LogP contribution in [0.3, 0.4) is 0 Å². The molecule has 0 aliphatic heterocycles. The summed E-state index contributed by atoms with van der Waals surface area (Å²) >= 11 is 1.02. The molecule has 1 N–H and O–H groups in total. The van der Waals surface area contributed by atoms with Gasteiger partial charge in [-0.15, -0.1) is 10.2 Å². The Labute approximate surface area is 125 Å². The molecular formula is C12H13N5O3S. The molecule has 8 nitrogen and oxygen atoms in total. The van der Waals surface area contributed by atoms with Gasteiger partial charge in [-0.1, -0.05) is 22.7 Å². The SMILES string of the molecule is CN(C)C(=O)ON(C(=O)Nc1cnns1)c1ccccc1. The molecule has 0 fully saturated rings. The number of rotatable bonds is 2. The molecule has 9 heteroatoms. The standard InChI is InChI=1S/C12H13N5O3S/c1-16(2)12(19)20-17(9-6-4-3-5-7-9)11(18)14-10-8-13-15-21-10/h3-8H,1-2H3,(H,14,18). The zero-order valence-corrected chi connectivity index (χ0v) is 12.2. The quantitative estimate of drug-likeness (QED) is 0.859. The highest BCUT2D eigenvalue weighted by Crippen LogP contribution is 2.17. The van der Waals surface area contributed by atoms with Crippen LogP contribution >= 0.6 is 11.5 Å². The van der Waals surface area contributed by atoms with Gasteiger partial charge in [0.15, 0.2) is 0 Å². The van der Waals surface area contributed by atoms with Gasteiger partial charge in [0.2, 0.25) is 0 Å². The number of hydroxylamine groups is 1. The summed E-state index contributed by atoms with van der Waals surface area (Å²) in [5, 5.41) is 7.49. The van der Waals surface area contributed by atoms with E-state index < -0.39 is 12.1 Å². The molecule has 3 amide bonds. The van der Waals surface area contributed by atoms with Gasteiger partial charge in [0, 0.05) is 25.6 Å². The van der Waals surface area contributed by atoms with Crippen molar-refractivity contribution in [3.05, 3.63) is 36.5 Å². The first-order valence-electron chi connectivity index (χ1n) is 5.90. The Hall–Kier alpha value is -2.68. The van der Waals surface area contributed by atoms with Crippen molar-refractivity contribution in [3.8, 4) is 0 Å². The molecule has 0 radical (unpaired) electrons. The van der Waals surface area contributed by atoms with Crippen LogP contribution in [0.5, 0.6) is 0 Å². The second kappa shape index (κ2) is 6.66. The predicted octanol–water partition coefficient (Wildman–Crippen LogP) is 2.19.